The average Bonchev–Trinajstić information content (AvgIpc) is 3.66. The molecule has 1 fully saturated rings. The lowest BCUT2D eigenvalue weighted by molar-refractivity contribution is -0.158. The zero-order chi connectivity index (χ0) is 56.1. The molecule has 2 aliphatic rings. The maximum Gasteiger partial charge on any atom is 0.407 e. The van der Waals surface area contributed by atoms with Crippen LogP contribution < -0.4 is 26.6 Å². The van der Waals surface area contributed by atoms with E-state index in [1.807, 2.05) is 80.6 Å². The van der Waals surface area contributed by atoms with E-state index < -0.39 is 88.6 Å². The van der Waals surface area contributed by atoms with Crippen molar-refractivity contribution in [2.24, 2.45) is 11.3 Å². The van der Waals surface area contributed by atoms with Gasteiger partial charge in [-0.25, -0.2) is 9.59 Å². The van der Waals surface area contributed by atoms with Crippen molar-refractivity contribution < 1.29 is 57.3 Å². The lowest BCUT2D eigenvalue weighted by Gasteiger charge is -2.33. The molecule has 17 nitrogen and oxygen atoms in total. The molecule has 3 aromatic rings. The Morgan fingerprint density at radius 3 is 1.78 bits per heavy atom. The number of unbranched alkanes of at least 4 members (excludes halogenated alkanes) is 1. The topological polar surface area (TPSA) is 234 Å². The zero-order valence-electron chi connectivity index (χ0n) is 46.3. The minimum Gasteiger partial charge on any atom is -0.467 e. The van der Waals surface area contributed by atoms with E-state index in [-0.39, 0.29) is 74.0 Å². The van der Waals surface area contributed by atoms with Gasteiger partial charge in [0.15, 0.2) is 11.6 Å². The quantitative estimate of drug-likeness (QED) is 0.0191. The van der Waals surface area contributed by atoms with Crippen LogP contribution in [0.4, 0.5) is 4.79 Å². The van der Waals surface area contributed by atoms with Crippen LogP contribution in [-0.4, -0.2) is 103 Å². The third kappa shape index (κ3) is 16.6. The molecule has 3 aromatic carbocycles. The first-order valence-electron chi connectivity index (χ1n) is 26.3. The number of benzene rings is 3. The van der Waals surface area contributed by atoms with E-state index in [4.69, 9.17) is 18.9 Å². The number of carbonyl (C=O) groups is 8. The summed E-state index contributed by atoms with van der Waals surface area (Å²) in [6, 6.07) is 20.1. The van der Waals surface area contributed by atoms with Crippen molar-refractivity contribution in [3.05, 3.63) is 107 Å². The van der Waals surface area contributed by atoms with Crippen molar-refractivity contribution >= 4 is 47.3 Å². The summed E-state index contributed by atoms with van der Waals surface area (Å²) in [6.07, 6.45) is -1.07. The molecule has 4 unspecified atom stereocenters. The van der Waals surface area contributed by atoms with Gasteiger partial charge >= 0.3 is 18.0 Å². The number of Topliss-reactive ketones (excluding diaryl/α,β-unsaturated/α-hetero) is 2. The lowest BCUT2D eigenvalue weighted by atomic mass is 9.73. The van der Waals surface area contributed by atoms with Crippen LogP contribution >= 0.6 is 0 Å². The molecule has 5 rings (SSSR count). The van der Waals surface area contributed by atoms with Crippen molar-refractivity contribution in [3.8, 4) is 11.1 Å². The van der Waals surface area contributed by atoms with Gasteiger partial charge in [0.25, 0.3) is 0 Å². The highest BCUT2D eigenvalue weighted by Crippen LogP contribution is 2.44. The molecular formula is C59H79N5O12. The molecule has 0 aromatic heterocycles. The predicted octanol–water partition coefficient (Wildman–Crippen LogP) is 7.63. The maximum absolute atomic E-state index is 14.7. The Balaban J connectivity index is 1.34. The van der Waals surface area contributed by atoms with Gasteiger partial charge in [-0.05, 0) is 113 Å². The Labute approximate surface area is 447 Å². The smallest absolute Gasteiger partial charge is 0.407 e. The molecule has 17 heteroatoms. The molecule has 0 heterocycles. The minimum absolute atomic E-state index is 0.0287. The second kappa shape index (κ2) is 26.3. The van der Waals surface area contributed by atoms with Crippen molar-refractivity contribution in [2.45, 2.75) is 168 Å². The largest absolute Gasteiger partial charge is 0.467 e. The summed E-state index contributed by atoms with van der Waals surface area (Å²) in [7, 11) is 1.19. The summed E-state index contributed by atoms with van der Waals surface area (Å²) in [4.78, 5) is 110. The number of alkyl carbamates (subject to hydrolysis) is 1. The molecule has 0 spiro atoms. The molecule has 0 radical (unpaired) electrons. The summed E-state index contributed by atoms with van der Waals surface area (Å²) < 4.78 is 22.8. The fourth-order valence-electron chi connectivity index (χ4n) is 9.78. The average molecular weight is 1050 g/mol. The van der Waals surface area contributed by atoms with E-state index in [0.717, 1.165) is 27.8 Å². The molecule has 0 saturated heterocycles. The number of esters is 2. The third-order valence-corrected chi connectivity index (χ3v) is 13.6. The van der Waals surface area contributed by atoms with Crippen LogP contribution in [0.1, 0.15) is 144 Å². The predicted molar refractivity (Wildman–Crippen MR) is 287 cm³/mol. The Bertz CT molecular complexity index is 2550. The summed E-state index contributed by atoms with van der Waals surface area (Å²) in [5.41, 5.74) is 2.89. The first kappa shape index (κ1) is 60.0. The number of methoxy groups -OCH3 is 1. The van der Waals surface area contributed by atoms with Gasteiger partial charge in [0.2, 0.25) is 17.7 Å². The Morgan fingerprint density at radius 1 is 0.684 bits per heavy atom. The molecule has 412 valence electrons. The molecule has 4 amide bonds. The Hall–Kier alpha value is -6.88. The van der Waals surface area contributed by atoms with Crippen LogP contribution in [0.25, 0.3) is 11.1 Å². The van der Waals surface area contributed by atoms with Crippen molar-refractivity contribution in [1.29, 1.82) is 0 Å². The second-order valence-electron chi connectivity index (χ2n) is 22.4. The number of amides is 4. The van der Waals surface area contributed by atoms with Crippen LogP contribution in [0, 0.1) is 11.3 Å². The first-order valence-corrected chi connectivity index (χ1v) is 26.3. The summed E-state index contributed by atoms with van der Waals surface area (Å²) in [5.74, 6) is -4.95. The number of hydrogen-bond acceptors (Lipinski definition) is 13. The fraction of sp³-hybridized carbons (Fsp3) is 0.525. The zero-order valence-corrected chi connectivity index (χ0v) is 46.3. The highest BCUT2D eigenvalue weighted by atomic mass is 16.6. The number of nitrogens with one attached hydrogen (secondary N) is 5. The van der Waals surface area contributed by atoms with Gasteiger partial charge in [-0.15, -0.1) is 0 Å². The molecular weight excluding hydrogens is 971 g/mol. The Morgan fingerprint density at radius 2 is 1.22 bits per heavy atom. The highest BCUT2D eigenvalue weighted by Gasteiger charge is 2.40. The van der Waals surface area contributed by atoms with Crippen LogP contribution in [0.2, 0.25) is 0 Å². The highest BCUT2D eigenvalue weighted by molar-refractivity contribution is 6.22. The molecule has 5 atom stereocenters. The summed E-state index contributed by atoms with van der Waals surface area (Å²) >= 11 is 0. The molecule has 1 saturated carbocycles. The van der Waals surface area contributed by atoms with E-state index in [2.05, 4.69) is 38.7 Å². The van der Waals surface area contributed by atoms with Crippen LogP contribution in [0.3, 0.4) is 0 Å². The van der Waals surface area contributed by atoms with E-state index in [1.165, 1.54) is 7.11 Å². The van der Waals surface area contributed by atoms with Crippen molar-refractivity contribution in [3.63, 3.8) is 0 Å². The van der Waals surface area contributed by atoms with Crippen molar-refractivity contribution in [1.82, 2.24) is 26.6 Å². The monoisotopic (exact) mass is 1050 g/mol. The SMILES string of the molecule is COC(=O)C(NC(=O)C(CCC(=O)OC(C)(C)c1ccccc1)NC(=O)C(NC(=O)C(CCCCNC(=O)OCC1c2ccccc2-c2ccccc21)NC(C)=C1C(=O)CC(C)(C)CC1=O)[C@@H](C)OC(C)(C)C)C(C)C. The fourth-order valence-corrected chi connectivity index (χ4v) is 9.78. The van der Waals surface area contributed by atoms with E-state index in [9.17, 15) is 38.4 Å². The number of allylic oxidation sites excluding steroid dienone is 2. The third-order valence-electron chi connectivity index (χ3n) is 13.6. The van der Waals surface area contributed by atoms with Crippen molar-refractivity contribution in [2.75, 3.05) is 20.3 Å². The molecule has 76 heavy (non-hydrogen) atoms. The van der Waals surface area contributed by atoms with Gasteiger partial charge in [0.1, 0.15) is 36.4 Å². The number of hydrogen-bond donors (Lipinski definition) is 5. The normalized spacial score (nSPS) is 16.2. The second-order valence-corrected chi connectivity index (χ2v) is 22.4. The summed E-state index contributed by atoms with van der Waals surface area (Å²) in [5, 5.41) is 14.1. The van der Waals surface area contributed by atoms with Crippen LogP contribution in [0.5, 0.6) is 0 Å². The van der Waals surface area contributed by atoms with Gasteiger partial charge in [0, 0.05) is 37.4 Å². The molecule has 0 bridgehead atoms. The minimum atomic E-state index is -1.46. The van der Waals surface area contributed by atoms with Gasteiger partial charge in [-0.2, -0.15) is 0 Å². The molecule has 0 aliphatic heterocycles. The van der Waals surface area contributed by atoms with E-state index in [1.54, 1.807) is 62.3 Å². The number of fused-ring (bicyclic) bond motifs is 3. The first-order chi connectivity index (χ1) is 35.7. The Kier molecular flexibility index (Phi) is 20.7. The number of carbonyl (C=O) groups excluding carboxylic acids is 8. The number of ether oxygens (including phenoxy) is 4. The van der Waals surface area contributed by atoms with Gasteiger partial charge in [-0.3, -0.25) is 28.8 Å². The standard InChI is InChI=1S/C59H79N5O12/c1-35(2)50(55(71)73-12)63-53(69)45(29-30-48(67)76-59(10,11)38-22-14-13-15-23-38)62-54(70)51(37(4)75-57(5,6)7)64-52(68)44(61-36(3)49-46(65)32-58(8,9)33-47(49)66)28-20-21-31-60-56(72)74-34-43-41-26-18-16-24-39(41)40-25-17-19-27-42(40)43/h13-19,22-27,35,37,43-45,50-51,61H,20-21,28-34H2,1-12H3,(H,60,72)(H,62,70)(H,63,69)(H,64,68)/t37-,44?,45?,50?,51?/m1/s1. The van der Waals surface area contributed by atoms with E-state index >= 15 is 0 Å². The number of ketones is 2. The van der Waals surface area contributed by atoms with Gasteiger partial charge in [0.05, 0.1) is 24.4 Å². The molecule has 2 aliphatic carbocycles. The summed E-state index contributed by atoms with van der Waals surface area (Å²) in [6.45, 7) is 19.4. The van der Waals surface area contributed by atoms with E-state index in [0.29, 0.717) is 12.8 Å². The van der Waals surface area contributed by atoms with Gasteiger partial charge < -0.3 is 45.5 Å². The van der Waals surface area contributed by atoms with Gasteiger partial charge in [-0.1, -0.05) is 107 Å². The lowest BCUT2D eigenvalue weighted by Crippen LogP contribution is -2.61. The van der Waals surface area contributed by atoms with Crippen LogP contribution in [-0.2, 0) is 58.1 Å². The number of rotatable bonds is 24. The molecule has 5 N–H and O–H groups in total. The maximum atomic E-state index is 14.7. The van der Waals surface area contributed by atoms with Crippen LogP contribution in [0.15, 0.2) is 90.1 Å².